The van der Waals surface area contributed by atoms with Crippen LogP contribution in [0.25, 0.3) is 0 Å². The lowest BCUT2D eigenvalue weighted by molar-refractivity contribution is 0.208. The average Bonchev–Trinajstić information content (AvgIpc) is 2.27. The van der Waals surface area contributed by atoms with E-state index in [9.17, 15) is 4.39 Å². The first-order chi connectivity index (χ1) is 8.24. The van der Waals surface area contributed by atoms with Gasteiger partial charge in [-0.15, -0.1) is 0 Å². The Morgan fingerprint density at radius 2 is 2.24 bits per heavy atom. The molecule has 0 aliphatic heterocycles. The van der Waals surface area contributed by atoms with Gasteiger partial charge >= 0.3 is 0 Å². The molecular formula is C14H17FN2. The van der Waals surface area contributed by atoms with E-state index in [2.05, 4.69) is 11.4 Å². The number of benzene rings is 1. The predicted octanol–water partition coefficient (Wildman–Crippen LogP) is 2.65. The number of rotatable bonds is 5. The fourth-order valence-electron chi connectivity index (χ4n) is 2.18. The van der Waals surface area contributed by atoms with Gasteiger partial charge in [0.05, 0.1) is 11.5 Å². The quantitative estimate of drug-likeness (QED) is 0.792. The summed E-state index contributed by atoms with van der Waals surface area (Å²) in [6.45, 7) is 1.56. The van der Waals surface area contributed by atoms with Gasteiger partial charge in [0.1, 0.15) is 5.82 Å². The molecule has 0 saturated heterocycles. The molecule has 1 fully saturated rings. The predicted molar refractivity (Wildman–Crippen MR) is 64.9 cm³/mol. The molecule has 3 heteroatoms. The van der Waals surface area contributed by atoms with Gasteiger partial charge in [-0.25, -0.2) is 4.39 Å². The van der Waals surface area contributed by atoms with Crippen molar-refractivity contribution in [1.82, 2.24) is 5.32 Å². The maximum Gasteiger partial charge on any atom is 0.123 e. The molecule has 1 saturated carbocycles. The summed E-state index contributed by atoms with van der Waals surface area (Å²) in [6, 6.07) is 9.07. The first-order valence-corrected chi connectivity index (χ1v) is 6.11. The fourth-order valence-corrected chi connectivity index (χ4v) is 2.18. The molecule has 2 rings (SSSR count). The third kappa shape index (κ3) is 3.04. The smallest absolute Gasteiger partial charge is 0.123 e. The Hall–Kier alpha value is -1.40. The molecule has 1 aromatic rings. The Kier molecular flexibility index (Phi) is 3.75. The Morgan fingerprint density at radius 1 is 1.41 bits per heavy atom. The van der Waals surface area contributed by atoms with Gasteiger partial charge in [0.25, 0.3) is 0 Å². The highest BCUT2D eigenvalue weighted by molar-refractivity contribution is 5.16. The standard InChI is InChI=1S/C14H17FN2/c15-13-4-1-3-12(9-13)5-8-17-11-14(10-16)6-2-7-14/h1,3-4,9,17H,2,5-8,11H2. The molecule has 0 radical (unpaired) electrons. The molecule has 0 unspecified atom stereocenters. The largest absolute Gasteiger partial charge is 0.315 e. The summed E-state index contributed by atoms with van der Waals surface area (Å²) < 4.78 is 12.9. The molecule has 0 aromatic heterocycles. The van der Waals surface area contributed by atoms with Gasteiger partial charge in [-0.2, -0.15) is 5.26 Å². The van der Waals surface area contributed by atoms with Crippen LogP contribution in [0.3, 0.4) is 0 Å². The Balaban J connectivity index is 1.72. The zero-order valence-corrected chi connectivity index (χ0v) is 9.88. The van der Waals surface area contributed by atoms with E-state index in [-0.39, 0.29) is 11.2 Å². The van der Waals surface area contributed by atoms with Gasteiger partial charge in [-0.3, -0.25) is 0 Å². The first-order valence-electron chi connectivity index (χ1n) is 6.11. The number of nitriles is 1. The minimum Gasteiger partial charge on any atom is -0.315 e. The van der Waals surface area contributed by atoms with Crippen molar-refractivity contribution in [1.29, 1.82) is 5.26 Å². The summed E-state index contributed by atoms with van der Waals surface area (Å²) in [5, 5.41) is 12.4. The van der Waals surface area contributed by atoms with Gasteiger partial charge in [0, 0.05) is 6.54 Å². The molecule has 1 aromatic carbocycles. The van der Waals surface area contributed by atoms with Crippen molar-refractivity contribution in [2.75, 3.05) is 13.1 Å². The lowest BCUT2D eigenvalue weighted by Crippen LogP contribution is -2.39. The Bertz CT molecular complexity index is 418. The van der Waals surface area contributed by atoms with Crippen molar-refractivity contribution in [3.63, 3.8) is 0 Å². The van der Waals surface area contributed by atoms with Crippen LogP contribution in [0, 0.1) is 22.6 Å². The van der Waals surface area contributed by atoms with Crippen LogP contribution < -0.4 is 5.32 Å². The van der Waals surface area contributed by atoms with E-state index < -0.39 is 0 Å². The SMILES string of the molecule is N#CC1(CNCCc2cccc(F)c2)CCC1. The van der Waals surface area contributed by atoms with Crippen LogP contribution in [0.1, 0.15) is 24.8 Å². The highest BCUT2D eigenvalue weighted by atomic mass is 19.1. The van der Waals surface area contributed by atoms with Crippen molar-refractivity contribution in [2.45, 2.75) is 25.7 Å². The molecule has 1 aliphatic carbocycles. The van der Waals surface area contributed by atoms with Crippen molar-refractivity contribution < 1.29 is 4.39 Å². The third-order valence-corrected chi connectivity index (χ3v) is 3.49. The third-order valence-electron chi connectivity index (χ3n) is 3.49. The van der Waals surface area contributed by atoms with Crippen LogP contribution in [0.15, 0.2) is 24.3 Å². The van der Waals surface area contributed by atoms with Crippen LogP contribution in [0.4, 0.5) is 4.39 Å². The molecule has 17 heavy (non-hydrogen) atoms. The maximum atomic E-state index is 12.9. The maximum absolute atomic E-state index is 12.9. The van der Waals surface area contributed by atoms with Gasteiger partial charge < -0.3 is 5.32 Å². The number of hydrogen-bond donors (Lipinski definition) is 1. The molecule has 0 heterocycles. The lowest BCUT2D eigenvalue weighted by atomic mass is 9.70. The minimum absolute atomic E-state index is 0.123. The van der Waals surface area contributed by atoms with E-state index in [1.54, 1.807) is 12.1 Å². The van der Waals surface area contributed by atoms with Gasteiger partial charge in [0.15, 0.2) is 0 Å². The van der Waals surface area contributed by atoms with Crippen LogP contribution in [-0.2, 0) is 6.42 Å². The average molecular weight is 232 g/mol. The zero-order valence-electron chi connectivity index (χ0n) is 9.88. The molecule has 2 nitrogen and oxygen atoms in total. The fraction of sp³-hybridized carbons (Fsp3) is 0.500. The second-order valence-electron chi connectivity index (χ2n) is 4.80. The highest BCUT2D eigenvalue weighted by Crippen LogP contribution is 2.39. The van der Waals surface area contributed by atoms with E-state index in [0.717, 1.165) is 37.9 Å². The summed E-state index contributed by atoms with van der Waals surface area (Å²) in [5.74, 6) is -0.185. The van der Waals surface area contributed by atoms with Crippen LogP contribution >= 0.6 is 0 Å². The van der Waals surface area contributed by atoms with Crippen molar-refractivity contribution in [3.05, 3.63) is 35.6 Å². The van der Waals surface area contributed by atoms with Crippen LogP contribution in [-0.4, -0.2) is 13.1 Å². The molecule has 0 atom stereocenters. The van der Waals surface area contributed by atoms with Crippen LogP contribution in [0.5, 0.6) is 0 Å². The van der Waals surface area contributed by atoms with Crippen molar-refractivity contribution >= 4 is 0 Å². The molecular weight excluding hydrogens is 215 g/mol. The summed E-state index contributed by atoms with van der Waals surface area (Å²) in [5.41, 5.74) is 0.874. The van der Waals surface area contributed by atoms with Gasteiger partial charge in [0.2, 0.25) is 0 Å². The highest BCUT2D eigenvalue weighted by Gasteiger charge is 2.36. The number of halogens is 1. The topological polar surface area (TPSA) is 35.8 Å². The second-order valence-corrected chi connectivity index (χ2v) is 4.80. The van der Waals surface area contributed by atoms with Crippen molar-refractivity contribution in [3.8, 4) is 6.07 Å². The number of nitrogens with one attached hydrogen (secondary N) is 1. The van der Waals surface area contributed by atoms with Crippen LogP contribution in [0.2, 0.25) is 0 Å². The Labute approximate surface area is 101 Å². The molecule has 1 aliphatic rings. The second kappa shape index (κ2) is 5.29. The number of hydrogen-bond acceptors (Lipinski definition) is 2. The zero-order chi connectivity index (χ0) is 12.1. The molecule has 0 amide bonds. The van der Waals surface area contributed by atoms with E-state index in [1.165, 1.54) is 12.5 Å². The summed E-state index contributed by atoms with van der Waals surface area (Å²) in [4.78, 5) is 0. The molecule has 0 spiro atoms. The summed E-state index contributed by atoms with van der Waals surface area (Å²) in [6.07, 6.45) is 3.99. The molecule has 1 N–H and O–H groups in total. The summed E-state index contributed by atoms with van der Waals surface area (Å²) >= 11 is 0. The normalized spacial score (nSPS) is 17.2. The lowest BCUT2D eigenvalue weighted by Gasteiger charge is -2.35. The first kappa shape index (κ1) is 12.1. The van der Waals surface area contributed by atoms with Gasteiger partial charge in [-0.1, -0.05) is 18.6 Å². The van der Waals surface area contributed by atoms with Crippen molar-refractivity contribution in [2.24, 2.45) is 5.41 Å². The monoisotopic (exact) mass is 232 g/mol. The van der Waals surface area contributed by atoms with E-state index in [4.69, 9.17) is 5.26 Å². The minimum atomic E-state index is -0.185. The van der Waals surface area contributed by atoms with Gasteiger partial charge in [-0.05, 0) is 43.5 Å². The summed E-state index contributed by atoms with van der Waals surface area (Å²) in [7, 11) is 0. The molecule has 90 valence electrons. The van der Waals surface area contributed by atoms with E-state index in [0.29, 0.717) is 0 Å². The van der Waals surface area contributed by atoms with E-state index >= 15 is 0 Å². The van der Waals surface area contributed by atoms with E-state index in [1.807, 2.05) is 6.07 Å². The molecule has 0 bridgehead atoms. The number of nitrogens with zero attached hydrogens (tertiary/aromatic N) is 1. The Morgan fingerprint density at radius 3 is 2.82 bits per heavy atom.